The Morgan fingerprint density at radius 1 is 0.714 bits per heavy atom. The number of halogens is 1. The van der Waals surface area contributed by atoms with Crippen LogP contribution in [0.3, 0.4) is 0 Å². The number of carbonyl (C=O) groups is 2. The molecule has 4 atom stereocenters. The Hall–Kier alpha value is -2.92. The molecule has 0 spiro atoms. The summed E-state index contributed by atoms with van der Waals surface area (Å²) in [5.41, 5.74) is 10.0. The number of carbonyl (C=O) groups excluding carboxylic acids is 2. The number of rotatable bonds is 1. The first kappa shape index (κ1) is 29.2. The van der Waals surface area contributed by atoms with Crippen LogP contribution in [0.15, 0.2) is 65.1 Å². The van der Waals surface area contributed by atoms with Crippen LogP contribution in [0.4, 0.5) is 0 Å². The minimum Gasteiger partial charge on any atom is -0.342 e. The predicted octanol–water partition coefficient (Wildman–Crippen LogP) is 7.76. The van der Waals surface area contributed by atoms with Gasteiger partial charge in [0.2, 0.25) is 11.8 Å². The molecule has 0 N–H and O–H groups in total. The van der Waals surface area contributed by atoms with Gasteiger partial charge in [0.15, 0.2) is 0 Å². The summed E-state index contributed by atoms with van der Waals surface area (Å²) in [4.78, 5) is 28.0. The second-order valence-corrected chi connectivity index (χ2v) is 14.4. The molecular weight excluding hydrogens is 584 g/mol. The number of hydrogen-bond acceptors (Lipinski definition) is 2. The number of fused-ring (bicyclic) bond motifs is 6. The number of aryl methyl sites for hydroxylation is 3. The molecule has 7 rings (SSSR count). The number of benzene rings is 3. The Morgan fingerprint density at radius 2 is 1.24 bits per heavy atom. The third kappa shape index (κ3) is 4.82. The highest BCUT2D eigenvalue weighted by atomic mass is 79.9. The molecule has 2 saturated heterocycles. The Morgan fingerprint density at radius 3 is 1.81 bits per heavy atom. The number of likely N-dealkylation sites (tertiary alicyclic amines) is 2. The molecule has 5 heteroatoms. The molecule has 0 bridgehead atoms. The molecule has 4 nitrogen and oxygen atoms in total. The Balaban J connectivity index is 0.000000157. The summed E-state index contributed by atoms with van der Waals surface area (Å²) in [5, 5.41) is 0. The van der Waals surface area contributed by atoms with Crippen LogP contribution in [0.25, 0.3) is 11.1 Å². The number of nitrogens with zero attached hydrogens (tertiary/aromatic N) is 2. The van der Waals surface area contributed by atoms with Crippen molar-refractivity contribution in [1.82, 2.24) is 9.80 Å². The molecule has 0 saturated carbocycles. The van der Waals surface area contributed by atoms with Crippen molar-refractivity contribution in [2.75, 3.05) is 14.1 Å². The number of likely N-dealkylation sites (N-methyl/N-ethyl adjacent to an activating group) is 2. The van der Waals surface area contributed by atoms with Crippen molar-refractivity contribution >= 4 is 27.7 Å². The molecule has 3 aromatic rings. The van der Waals surface area contributed by atoms with Crippen LogP contribution in [0.1, 0.15) is 80.2 Å². The zero-order valence-corrected chi connectivity index (χ0v) is 27.3. The lowest BCUT2D eigenvalue weighted by Gasteiger charge is -2.50. The summed E-state index contributed by atoms with van der Waals surface area (Å²) < 4.78 is 1.16. The molecule has 2 aliphatic carbocycles. The van der Waals surface area contributed by atoms with Crippen LogP contribution in [-0.4, -0.2) is 47.8 Å². The van der Waals surface area contributed by atoms with E-state index in [1.54, 1.807) is 0 Å². The van der Waals surface area contributed by atoms with Crippen molar-refractivity contribution in [3.63, 3.8) is 0 Å². The van der Waals surface area contributed by atoms with E-state index in [9.17, 15) is 9.59 Å². The number of piperidine rings is 2. The van der Waals surface area contributed by atoms with Gasteiger partial charge in [-0.3, -0.25) is 9.59 Å². The molecule has 42 heavy (non-hydrogen) atoms. The molecule has 2 aliphatic heterocycles. The first-order valence-corrected chi connectivity index (χ1v) is 16.3. The maximum absolute atomic E-state index is 12.1. The Kier molecular flexibility index (Phi) is 7.62. The van der Waals surface area contributed by atoms with Gasteiger partial charge in [-0.05, 0) is 96.5 Å². The average molecular weight is 628 g/mol. The maximum atomic E-state index is 12.1. The maximum Gasteiger partial charge on any atom is 0.222 e. The molecule has 220 valence electrons. The van der Waals surface area contributed by atoms with Crippen LogP contribution in [0, 0.1) is 6.92 Å². The third-order valence-electron chi connectivity index (χ3n) is 11.1. The van der Waals surface area contributed by atoms with Crippen molar-refractivity contribution in [2.45, 2.75) is 95.1 Å². The molecular formula is C37H43BrN2O2. The molecule has 0 radical (unpaired) electrons. The first-order chi connectivity index (χ1) is 20.0. The van der Waals surface area contributed by atoms with Gasteiger partial charge in [-0.15, -0.1) is 0 Å². The summed E-state index contributed by atoms with van der Waals surface area (Å²) in [6.45, 7) is 6.85. The number of hydrogen-bond donors (Lipinski definition) is 0. The van der Waals surface area contributed by atoms with E-state index < -0.39 is 0 Å². The largest absolute Gasteiger partial charge is 0.342 e. The lowest BCUT2D eigenvalue weighted by molar-refractivity contribution is -0.138. The molecule has 4 aliphatic rings. The van der Waals surface area contributed by atoms with Gasteiger partial charge in [-0.1, -0.05) is 78.3 Å². The van der Waals surface area contributed by atoms with E-state index in [0.717, 1.165) is 43.0 Å². The molecule has 3 aromatic carbocycles. The van der Waals surface area contributed by atoms with E-state index >= 15 is 0 Å². The van der Waals surface area contributed by atoms with Crippen molar-refractivity contribution < 1.29 is 9.59 Å². The fraction of sp³-hybridized carbons (Fsp3) is 0.459. The second kappa shape index (κ2) is 11.0. The quantitative estimate of drug-likeness (QED) is 0.277. The van der Waals surface area contributed by atoms with Crippen molar-refractivity contribution in [3.8, 4) is 11.1 Å². The molecule has 2 unspecified atom stereocenters. The molecule has 2 amide bonds. The van der Waals surface area contributed by atoms with Gasteiger partial charge < -0.3 is 9.80 Å². The van der Waals surface area contributed by atoms with Gasteiger partial charge in [-0.25, -0.2) is 0 Å². The van der Waals surface area contributed by atoms with E-state index in [1.165, 1.54) is 38.9 Å². The van der Waals surface area contributed by atoms with Gasteiger partial charge >= 0.3 is 0 Å². The van der Waals surface area contributed by atoms with Gasteiger partial charge in [-0.2, -0.15) is 0 Å². The standard InChI is InChI=1S/C22H25NO.C15H18BrNO/c1-15-6-4-5-7-18(15)16-8-10-19-17(14-16)9-11-20-22(19,2)13-12-21(24)23(20)3;1-15-8-7-14(18)17(2)13(15)6-3-10-9-11(16)4-5-12(10)15/h4-8,10,14,20H,9,11-13H2,1-3H3;4-5,9,13H,3,6-8H2,1-2H3/t20?,22-;13?,15-/m11/s1. The van der Waals surface area contributed by atoms with E-state index in [0.29, 0.717) is 36.7 Å². The smallest absolute Gasteiger partial charge is 0.222 e. The summed E-state index contributed by atoms with van der Waals surface area (Å²) in [6, 6.07) is 22.9. The van der Waals surface area contributed by atoms with Crippen LogP contribution in [0.2, 0.25) is 0 Å². The van der Waals surface area contributed by atoms with Gasteiger partial charge in [0.1, 0.15) is 0 Å². The second-order valence-electron chi connectivity index (χ2n) is 13.4. The third-order valence-corrected chi connectivity index (χ3v) is 11.6. The zero-order valence-electron chi connectivity index (χ0n) is 25.7. The highest BCUT2D eigenvalue weighted by Crippen LogP contribution is 2.47. The van der Waals surface area contributed by atoms with Crippen LogP contribution < -0.4 is 0 Å². The van der Waals surface area contributed by atoms with E-state index in [-0.39, 0.29) is 10.8 Å². The topological polar surface area (TPSA) is 40.6 Å². The Bertz CT molecular complexity index is 1550. The fourth-order valence-corrected chi connectivity index (χ4v) is 9.02. The molecule has 2 heterocycles. The minimum atomic E-state index is 0.0977. The van der Waals surface area contributed by atoms with Crippen LogP contribution in [-0.2, 0) is 33.3 Å². The fourth-order valence-electron chi connectivity index (χ4n) is 8.61. The summed E-state index contributed by atoms with van der Waals surface area (Å²) in [6.07, 6.45) is 7.60. The van der Waals surface area contributed by atoms with Crippen LogP contribution in [0.5, 0.6) is 0 Å². The first-order valence-electron chi connectivity index (χ1n) is 15.5. The summed E-state index contributed by atoms with van der Waals surface area (Å²) in [7, 11) is 3.95. The zero-order chi connectivity index (χ0) is 29.8. The molecule has 2 fully saturated rings. The summed E-state index contributed by atoms with van der Waals surface area (Å²) >= 11 is 3.55. The van der Waals surface area contributed by atoms with E-state index in [4.69, 9.17) is 0 Å². The van der Waals surface area contributed by atoms with Crippen molar-refractivity contribution in [1.29, 1.82) is 0 Å². The number of amides is 2. The van der Waals surface area contributed by atoms with Crippen molar-refractivity contribution in [2.24, 2.45) is 0 Å². The average Bonchev–Trinajstić information content (AvgIpc) is 2.97. The van der Waals surface area contributed by atoms with Gasteiger partial charge in [0, 0.05) is 54.3 Å². The Labute approximate surface area is 259 Å². The minimum absolute atomic E-state index is 0.0977. The highest BCUT2D eigenvalue weighted by molar-refractivity contribution is 9.10. The van der Waals surface area contributed by atoms with Gasteiger partial charge in [0.05, 0.1) is 0 Å². The lowest BCUT2D eigenvalue weighted by atomic mass is 9.63. The SMILES string of the molecule is CN1C(=O)CC[C@]2(C)c3ccc(Br)cc3CCC12.Cc1ccccc1-c1ccc2c(c1)CCC1N(C)C(=O)CC[C@]21C. The summed E-state index contributed by atoms with van der Waals surface area (Å²) in [5.74, 6) is 0.607. The van der Waals surface area contributed by atoms with E-state index in [1.807, 2.05) is 23.9 Å². The lowest BCUT2D eigenvalue weighted by Crippen LogP contribution is -2.56. The van der Waals surface area contributed by atoms with Crippen molar-refractivity contribution in [3.05, 3.63) is 93.0 Å². The molecule has 0 aromatic heterocycles. The van der Waals surface area contributed by atoms with E-state index in [2.05, 4.69) is 97.4 Å². The predicted molar refractivity (Wildman–Crippen MR) is 174 cm³/mol. The highest BCUT2D eigenvalue weighted by Gasteiger charge is 2.48. The normalized spacial score (nSPS) is 28.1. The van der Waals surface area contributed by atoms with Gasteiger partial charge in [0.25, 0.3) is 0 Å². The van der Waals surface area contributed by atoms with Crippen LogP contribution >= 0.6 is 15.9 Å². The monoisotopic (exact) mass is 626 g/mol.